The summed E-state index contributed by atoms with van der Waals surface area (Å²) >= 11 is 0. The lowest BCUT2D eigenvalue weighted by atomic mass is 10.1. The van der Waals surface area contributed by atoms with Gasteiger partial charge in [-0.05, 0) is 104 Å². The van der Waals surface area contributed by atoms with Crippen LogP contribution >= 0.6 is 10.7 Å². The lowest BCUT2D eigenvalue weighted by Crippen LogP contribution is -2.44. The van der Waals surface area contributed by atoms with Gasteiger partial charge in [0.15, 0.2) is 0 Å². The van der Waals surface area contributed by atoms with E-state index in [1.165, 1.54) is 42.5 Å². The summed E-state index contributed by atoms with van der Waals surface area (Å²) in [6.45, 7) is 10.2. The fraction of sp³-hybridized carbons (Fsp3) is 0.321. The molecule has 5 N–H and O–H groups in total. The molecule has 0 aliphatic carbocycles. The number of allylic oxidation sites excluding steroid dienone is 1. The molecule has 2 atom stereocenters. The fourth-order valence-corrected chi connectivity index (χ4v) is 10.0. The zero-order valence-corrected chi connectivity index (χ0v) is 49.8. The Labute approximate surface area is 488 Å². The van der Waals surface area contributed by atoms with Crippen molar-refractivity contribution in [3.63, 3.8) is 0 Å². The van der Waals surface area contributed by atoms with Gasteiger partial charge in [-0.2, -0.15) is 26.3 Å². The van der Waals surface area contributed by atoms with E-state index in [4.69, 9.17) is 35.1 Å². The van der Waals surface area contributed by atoms with E-state index in [0.29, 0.717) is 11.5 Å². The number of carbonyl (C=O) groups is 2. The molecule has 0 radical (unpaired) electrons. The van der Waals surface area contributed by atoms with Crippen LogP contribution in [0.25, 0.3) is 0 Å². The number of sulfonamides is 1. The van der Waals surface area contributed by atoms with Crippen LogP contribution in [0, 0.1) is 11.6 Å². The molecule has 0 fully saturated rings. The summed E-state index contributed by atoms with van der Waals surface area (Å²) in [5.41, 5.74) is 7.05. The Balaban J connectivity index is 0.000000330. The normalized spacial score (nSPS) is 12.2. The van der Waals surface area contributed by atoms with Crippen molar-refractivity contribution in [3.05, 3.63) is 214 Å². The standard InChI is InChI=1S/C24H23F4N3O4S.C17H17ClFNO4S.C8H18O2Si.C7H7F3N2/c25-21-9-5-4-8-19(21)12-20(31-23(32)35-15-17-6-2-1-3-7-17)16-36(33,34)30-14-18-10-11-22(29-13-18)24(26,27)28;18-25(22,23)12-15(10-14-8-4-5-9-16(14)19)20-17(21)24-11-13-6-2-1-3-7-13;1-7(2)8(9-3)10-11(4,5)6;8-7(9,10)6-2-1-5(3-11)4-12-6/h1-11,13,20,30H,12,14-16H2,(H,31,32);1-9,15H,10-12H2,(H,20,21);1-6H3;1-2,4H,3,11H2/t20-;15-;;/m11../s1. The maximum Gasteiger partial charge on any atom is 0.433 e. The third-order valence-electron chi connectivity index (χ3n) is 10.7. The van der Waals surface area contributed by atoms with E-state index in [-0.39, 0.29) is 55.8 Å². The zero-order chi connectivity index (χ0) is 62.7. The minimum atomic E-state index is -4.61. The molecule has 458 valence electrons. The maximum atomic E-state index is 14.2. The molecule has 0 saturated carbocycles. The fourth-order valence-electron chi connectivity index (χ4n) is 6.82. The van der Waals surface area contributed by atoms with Gasteiger partial charge in [-0.15, -0.1) is 0 Å². The van der Waals surface area contributed by atoms with Crippen molar-refractivity contribution < 1.29 is 80.2 Å². The van der Waals surface area contributed by atoms with Gasteiger partial charge in [-0.1, -0.05) is 109 Å². The number of nitrogens with two attached hydrogens (primary N) is 1. The Morgan fingerprint density at radius 2 is 1.01 bits per heavy atom. The second kappa shape index (κ2) is 34.0. The largest absolute Gasteiger partial charge is 0.520 e. The third kappa shape index (κ3) is 29.4. The van der Waals surface area contributed by atoms with Gasteiger partial charge >= 0.3 is 24.5 Å². The van der Waals surface area contributed by atoms with Crippen molar-refractivity contribution in [2.75, 3.05) is 18.6 Å². The number of benzene rings is 4. The summed E-state index contributed by atoms with van der Waals surface area (Å²) in [6, 6.07) is 31.6. The number of aromatic nitrogens is 2. The van der Waals surface area contributed by atoms with Crippen LogP contribution in [0.4, 0.5) is 44.7 Å². The first-order valence-corrected chi connectivity index (χ1v) is 32.7. The molecular formula is C56H65ClF8N6O10S2Si. The van der Waals surface area contributed by atoms with Gasteiger partial charge in [0.05, 0.1) is 30.7 Å². The quantitative estimate of drug-likeness (QED) is 0.0228. The molecule has 0 bridgehead atoms. The molecular weight excluding hydrogens is 1200 g/mol. The number of halogens is 9. The highest BCUT2D eigenvalue weighted by atomic mass is 35.7. The lowest BCUT2D eigenvalue weighted by molar-refractivity contribution is -0.142. The average Bonchev–Trinajstić information content (AvgIpc) is 3.63. The number of hydrogen-bond donors (Lipinski definition) is 4. The summed E-state index contributed by atoms with van der Waals surface area (Å²) in [7, 11) is -2.51. The van der Waals surface area contributed by atoms with Crippen molar-refractivity contribution in [2.24, 2.45) is 5.73 Å². The SMILES string of the molecule is COC(O[Si](C)(C)C)=C(C)C.NCc1ccc(C(F)(F)F)nc1.O=C(N[C@H](Cc1ccccc1F)CS(=O)(=O)Cl)OCc1ccccc1.O=C(N[C@H](Cc1ccccc1F)CS(=O)(=O)NCc1ccc(C(F)(F)F)nc1)OCc1ccccc1. The van der Waals surface area contributed by atoms with Crippen molar-refractivity contribution in [1.82, 2.24) is 25.3 Å². The molecule has 2 heterocycles. The molecule has 0 saturated heterocycles. The Bertz CT molecular complexity index is 3240. The lowest BCUT2D eigenvalue weighted by Gasteiger charge is -2.21. The van der Waals surface area contributed by atoms with Crippen LogP contribution in [-0.4, -0.2) is 78.0 Å². The average molecular weight is 1260 g/mol. The molecule has 2 amide bonds. The molecule has 28 heteroatoms. The monoisotopic (exact) mass is 1260 g/mol. The van der Waals surface area contributed by atoms with Crippen molar-refractivity contribution >= 4 is 50.3 Å². The number of amides is 2. The number of rotatable bonds is 21. The smallest absolute Gasteiger partial charge is 0.433 e. The Hall–Kier alpha value is -7.17. The Kier molecular flexibility index (Phi) is 28.7. The summed E-state index contributed by atoms with van der Waals surface area (Å²) < 4.78 is 173. The van der Waals surface area contributed by atoms with Crippen LogP contribution in [0.2, 0.25) is 19.6 Å². The van der Waals surface area contributed by atoms with Gasteiger partial charge in [0.2, 0.25) is 27.4 Å². The number of carbonyl (C=O) groups excluding carboxylic acids is 2. The number of hydrogen-bond acceptors (Lipinski definition) is 13. The summed E-state index contributed by atoms with van der Waals surface area (Å²) in [4.78, 5) is 30.8. The predicted molar refractivity (Wildman–Crippen MR) is 304 cm³/mol. The first kappa shape index (κ1) is 71.1. The van der Waals surface area contributed by atoms with E-state index in [2.05, 4.69) is 45.0 Å². The minimum Gasteiger partial charge on any atom is -0.520 e. The second-order valence-corrected chi connectivity index (χ2v) is 28.3. The van der Waals surface area contributed by atoms with E-state index < -0.39 is 98.5 Å². The highest BCUT2D eigenvalue weighted by Crippen LogP contribution is 2.28. The van der Waals surface area contributed by atoms with E-state index in [1.54, 1.807) is 73.8 Å². The number of alkyl carbamates (subject to hydrolysis) is 2. The molecule has 2 aromatic heterocycles. The molecule has 0 aliphatic heterocycles. The number of pyridine rings is 2. The Morgan fingerprint density at radius 3 is 1.35 bits per heavy atom. The first-order valence-electron chi connectivity index (χ1n) is 25.2. The predicted octanol–water partition coefficient (Wildman–Crippen LogP) is 11.7. The van der Waals surface area contributed by atoms with Gasteiger partial charge in [0.25, 0.3) is 5.95 Å². The van der Waals surface area contributed by atoms with Gasteiger partial charge in [-0.3, -0.25) is 9.97 Å². The van der Waals surface area contributed by atoms with Gasteiger partial charge in [-0.25, -0.2) is 39.9 Å². The molecule has 16 nitrogen and oxygen atoms in total. The molecule has 0 aliphatic rings. The van der Waals surface area contributed by atoms with Crippen molar-refractivity contribution in [3.8, 4) is 0 Å². The van der Waals surface area contributed by atoms with Gasteiger partial charge in [0.1, 0.15) is 36.2 Å². The zero-order valence-electron chi connectivity index (χ0n) is 46.4. The number of nitrogens with zero attached hydrogens (tertiary/aromatic N) is 2. The number of ether oxygens (including phenoxy) is 3. The van der Waals surface area contributed by atoms with Gasteiger partial charge < -0.3 is 35.0 Å². The second-order valence-electron chi connectivity index (χ2n) is 19.2. The molecule has 6 aromatic rings. The van der Waals surface area contributed by atoms with Crippen LogP contribution in [0.1, 0.15) is 58.6 Å². The van der Waals surface area contributed by atoms with E-state index >= 15 is 0 Å². The number of alkyl halides is 6. The van der Waals surface area contributed by atoms with Crippen LogP contribution in [0.3, 0.4) is 0 Å². The highest BCUT2D eigenvalue weighted by molar-refractivity contribution is 8.13. The van der Waals surface area contributed by atoms with E-state index in [9.17, 15) is 61.5 Å². The van der Waals surface area contributed by atoms with E-state index in [1.807, 2.05) is 19.9 Å². The van der Waals surface area contributed by atoms with Gasteiger partial charge in [0, 0.05) is 41.7 Å². The number of methoxy groups -OCH3 is 1. The van der Waals surface area contributed by atoms with Crippen LogP contribution in [0.5, 0.6) is 0 Å². The number of nitrogens with one attached hydrogen (secondary N) is 3. The molecule has 84 heavy (non-hydrogen) atoms. The molecule has 0 spiro atoms. The van der Waals surface area contributed by atoms with E-state index in [0.717, 1.165) is 47.3 Å². The summed E-state index contributed by atoms with van der Waals surface area (Å²) in [6.07, 6.45) is -8.79. The topological polar surface area (TPSA) is 227 Å². The van der Waals surface area contributed by atoms with Crippen LogP contribution < -0.4 is 21.1 Å². The third-order valence-corrected chi connectivity index (χ3v) is 14.1. The summed E-state index contributed by atoms with van der Waals surface area (Å²) in [5.74, 6) is -1.54. The van der Waals surface area contributed by atoms with Crippen LogP contribution in [0.15, 0.2) is 157 Å². The molecule has 6 rings (SSSR count). The van der Waals surface area contributed by atoms with Crippen molar-refractivity contribution in [2.45, 2.75) is 97.1 Å². The first-order chi connectivity index (χ1) is 39.3. The van der Waals surface area contributed by atoms with Crippen LogP contribution in [-0.2, 0) is 89.2 Å². The van der Waals surface area contributed by atoms with Crippen molar-refractivity contribution in [1.29, 1.82) is 0 Å². The Morgan fingerprint density at radius 1 is 0.607 bits per heavy atom. The molecule has 4 aromatic carbocycles. The highest BCUT2D eigenvalue weighted by Gasteiger charge is 2.33. The minimum absolute atomic E-state index is 0.0287. The molecule has 0 unspecified atom stereocenters. The maximum absolute atomic E-state index is 14.2. The summed E-state index contributed by atoms with van der Waals surface area (Å²) in [5, 5.41) is 4.89.